The number of piperazine rings is 1. The average Bonchev–Trinajstić information content (AvgIpc) is 3.10. The maximum absolute atomic E-state index is 13.6. The van der Waals surface area contributed by atoms with E-state index in [1.54, 1.807) is 4.90 Å². The molecule has 1 N–H and O–H groups in total. The van der Waals surface area contributed by atoms with Crippen LogP contribution in [0.25, 0.3) is 0 Å². The smallest absolute Gasteiger partial charge is 0.322 e. The first-order chi connectivity index (χ1) is 11.1. The molecule has 2 fully saturated rings. The van der Waals surface area contributed by atoms with E-state index in [9.17, 15) is 18.0 Å². The quantitative estimate of drug-likeness (QED) is 0.847. The maximum Gasteiger partial charge on any atom is 0.322 e. The number of benzene rings is 1. The summed E-state index contributed by atoms with van der Waals surface area (Å²) in [7, 11) is 0. The minimum absolute atomic E-state index is 0.341. The Labute approximate surface area is 133 Å². The lowest BCUT2D eigenvalue weighted by Crippen LogP contribution is -2.52. The van der Waals surface area contributed by atoms with Crippen LogP contribution in [-0.2, 0) is 0 Å². The summed E-state index contributed by atoms with van der Waals surface area (Å²) < 4.78 is 39.7. The van der Waals surface area contributed by atoms with Gasteiger partial charge in [0.2, 0.25) is 0 Å². The fourth-order valence-corrected chi connectivity index (χ4v) is 3.38. The standard InChI is InChI=1S/C16H20F3N3O/c17-12-5-6-13(15(19)14(12)18)20-16(23)22-9-7-21(8-10-22)11-3-1-2-4-11/h5-6,11H,1-4,7-10H2,(H,20,23). The Morgan fingerprint density at radius 2 is 1.65 bits per heavy atom. The van der Waals surface area contributed by atoms with Crippen LogP contribution in [0.5, 0.6) is 0 Å². The van der Waals surface area contributed by atoms with Gasteiger partial charge in [0.05, 0.1) is 5.69 Å². The van der Waals surface area contributed by atoms with Crippen molar-refractivity contribution in [1.82, 2.24) is 9.80 Å². The van der Waals surface area contributed by atoms with Crippen molar-refractivity contribution in [2.45, 2.75) is 31.7 Å². The summed E-state index contributed by atoms with van der Waals surface area (Å²) in [6, 6.07) is 1.96. The molecule has 0 unspecified atom stereocenters. The number of urea groups is 1. The van der Waals surface area contributed by atoms with E-state index in [4.69, 9.17) is 0 Å². The topological polar surface area (TPSA) is 35.6 Å². The molecule has 1 aliphatic carbocycles. The second kappa shape index (κ2) is 6.78. The maximum atomic E-state index is 13.6. The van der Waals surface area contributed by atoms with Crippen molar-refractivity contribution < 1.29 is 18.0 Å². The van der Waals surface area contributed by atoms with Crippen LogP contribution >= 0.6 is 0 Å². The normalized spacial score (nSPS) is 20.0. The first-order valence-electron chi connectivity index (χ1n) is 7.99. The highest BCUT2D eigenvalue weighted by atomic mass is 19.2. The molecule has 1 saturated heterocycles. The summed E-state index contributed by atoms with van der Waals surface area (Å²) in [5.41, 5.74) is -0.341. The molecule has 2 aliphatic rings. The summed E-state index contributed by atoms with van der Waals surface area (Å²) in [6.45, 7) is 2.68. The zero-order valence-corrected chi connectivity index (χ0v) is 12.8. The predicted molar refractivity (Wildman–Crippen MR) is 80.7 cm³/mol. The minimum atomic E-state index is -1.58. The van der Waals surface area contributed by atoms with Crippen LogP contribution in [0, 0.1) is 17.5 Å². The van der Waals surface area contributed by atoms with E-state index >= 15 is 0 Å². The molecule has 1 aliphatic heterocycles. The lowest BCUT2D eigenvalue weighted by atomic mass is 10.2. The van der Waals surface area contributed by atoms with Gasteiger partial charge >= 0.3 is 6.03 Å². The molecule has 126 valence electrons. The number of carbonyl (C=O) groups excluding carboxylic acids is 1. The van der Waals surface area contributed by atoms with Crippen LogP contribution in [0.4, 0.5) is 23.7 Å². The molecule has 23 heavy (non-hydrogen) atoms. The third-order valence-electron chi connectivity index (χ3n) is 4.72. The van der Waals surface area contributed by atoms with Crippen molar-refractivity contribution in [3.05, 3.63) is 29.6 Å². The van der Waals surface area contributed by atoms with Crippen LogP contribution in [0.15, 0.2) is 12.1 Å². The van der Waals surface area contributed by atoms with Crippen molar-refractivity contribution in [3.8, 4) is 0 Å². The number of carbonyl (C=O) groups is 1. The van der Waals surface area contributed by atoms with E-state index in [-0.39, 0.29) is 5.69 Å². The van der Waals surface area contributed by atoms with Crippen molar-refractivity contribution in [3.63, 3.8) is 0 Å². The van der Waals surface area contributed by atoms with Crippen molar-refractivity contribution in [1.29, 1.82) is 0 Å². The third kappa shape index (κ3) is 3.44. The zero-order valence-electron chi connectivity index (χ0n) is 12.8. The minimum Gasteiger partial charge on any atom is -0.322 e. The Morgan fingerprint density at radius 1 is 1.00 bits per heavy atom. The number of halogens is 3. The molecule has 0 radical (unpaired) electrons. The van der Waals surface area contributed by atoms with Crippen molar-refractivity contribution >= 4 is 11.7 Å². The molecule has 4 nitrogen and oxygen atoms in total. The molecule has 7 heteroatoms. The van der Waals surface area contributed by atoms with Crippen molar-refractivity contribution in [2.75, 3.05) is 31.5 Å². The van der Waals surface area contributed by atoms with Crippen LogP contribution in [0.2, 0.25) is 0 Å². The predicted octanol–water partition coefficient (Wildman–Crippen LogP) is 3.20. The average molecular weight is 327 g/mol. The van der Waals surface area contributed by atoms with Crippen LogP contribution in [0.3, 0.4) is 0 Å². The van der Waals surface area contributed by atoms with Gasteiger partial charge in [-0.3, -0.25) is 4.90 Å². The zero-order chi connectivity index (χ0) is 16.4. The van der Waals surface area contributed by atoms with Gasteiger partial charge in [0.1, 0.15) is 0 Å². The molecule has 0 bridgehead atoms. The van der Waals surface area contributed by atoms with Crippen LogP contribution in [0.1, 0.15) is 25.7 Å². The second-order valence-electron chi connectivity index (χ2n) is 6.11. The number of hydrogen-bond acceptors (Lipinski definition) is 2. The fraction of sp³-hybridized carbons (Fsp3) is 0.562. The molecule has 1 aromatic carbocycles. The van der Waals surface area contributed by atoms with E-state index in [0.29, 0.717) is 19.1 Å². The lowest BCUT2D eigenvalue weighted by Gasteiger charge is -2.38. The highest BCUT2D eigenvalue weighted by Gasteiger charge is 2.28. The van der Waals surface area contributed by atoms with Crippen LogP contribution < -0.4 is 5.32 Å². The number of anilines is 1. The van der Waals surface area contributed by atoms with Gasteiger partial charge in [0.15, 0.2) is 17.5 Å². The summed E-state index contributed by atoms with van der Waals surface area (Å²) in [5.74, 6) is -4.22. The van der Waals surface area contributed by atoms with E-state index in [1.807, 2.05) is 0 Å². The monoisotopic (exact) mass is 327 g/mol. The molecule has 1 saturated carbocycles. The van der Waals surface area contributed by atoms with Gasteiger partial charge < -0.3 is 10.2 Å². The Bertz CT molecular complexity index is 582. The van der Waals surface area contributed by atoms with Gasteiger partial charge in [-0.15, -0.1) is 0 Å². The Kier molecular flexibility index (Phi) is 4.75. The molecule has 1 aromatic rings. The molecular weight excluding hydrogens is 307 g/mol. The Balaban J connectivity index is 1.56. The first-order valence-corrected chi connectivity index (χ1v) is 7.99. The molecular formula is C16H20F3N3O. The summed E-state index contributed by atoms with van der Waals surface area (Å²) in [4.78, 5) is 16.1. The largest absolute Gasteiger partial charge is 0.322 e. The van der Waals surface area contributed by atoms with Gasteiger partial charge in [-0.05, 0) is 25.0 Å². The fourth-order valence-electron chi connectivity index (χ4n) is 3.38. The number of amides is 2. The van der Waals surface area contributed by atoms with E-state index in [0.717, 1.165) is 25.2 Å². The SMILES string of the molecule is O=C(Nc1ccc(F)c(F)c1F)N1CCN(C2CCCC2)CC1. The molecule has 3 rings (SSSR count). The number of hydrogen-bond donors (Lipinski definition) is 1. The number of rotatable bonds is 2. The summed E-state index contributed by atoms with van der Waals surface area (Å²) in [5, 5.41) is 2.32. The van der Waals surface area contributed by atoms with Gasteiger partial charge in [-0.2, -0.15) is 0 Å². The van der Waals surface area contributed by atoms with Crippen LogP contribution in [-0.4, -0.2) is 48.1 Å². The second-order valence-corrected chi connectivity index (χ2v) is 6.11. The summed E-state index contributed by atoms with van der Waals surface area (Å²) >= 11 is 0. The lowest BCUT2D eigenvalue weighted by molar-refractivity contribution is 0.115. The summed E-state index contributed by atoms with van der Waals surface area (Å²) in [6.07, 6.45) is 4.96. The van der Waals surface area contributed by atoms with Gasteiger partial charge in [-0.1, -0.05) is 12.8 Å². The van der Waals surface area contributed by atoms with E-state index in [1.165, 1.54) is 25.7 Å². The van der Waals surface area contributed by atoms with Gasteiger partial charge in [-0.25, -0.2) is 18.0 Å². The van der Waals surface area contributed by atoms with Gasteiger partial charge in [0, 0.05) is 32.2 Å². The highest BCUT2D eigenvalue weighted by Crippen LogP contribution is 2.25. The number of nitrogens with one attached hydrogen (secondary N) is 1. The molecule has 2 amide bonds. The van der Waals surface area contributed by atoms with Gasteiger partial charge in [0.25, 0.3) is 0 Å². The Morgan fingerprint density at radius 3 is 2.30 bits per heavy atom. The Hall–Kier alpha value is -1.76. The van der Waals surface area contributed by atoms with Crippen molar-refractivity contribution in [2.24, 2.45) is 0 Å². The van der Waals surface area contributed by atoms with E-state index < -0.39 is 23.5 Å². The number of nitrogens with zero attached hydrogens (tertiary/aromatic N) is 2. The third-order valence-corrected chi connectivity index (χ3v) is 4.72. The molecule has 0 atom stereocenters. The highest BCUT2D eigenvalue weighted by molar-refractivity contribution is 5.89. The van der Waals surface area contributed by atoms with E-state index in [2.05, 4.69) is 10.2 Å². The first kappa shape index (κ1) is 16.1. The molecule has 1 heterocycles. The molecule has 0 spiro atoms. The molecule has 0 aromatic heterocycles.